The monoisotopic (exact) mass is 240 g/mol. The number of carbonyl (C=O) groups excluding carboxylic acids is 1. The normalized spacial score (nSPS) is 24.8. The van der Waals surface area contributed by atoms with Crippen molar-refractivity contribution in [1.29, 1.82) is 0 Å². The maximum Gasteiger partial charge on any atom is 0.222 e. The molecule has 1 rings (SSSR count). The summed E-state index contributed by atoms with van der Waals surface area (Å²) in [5, 5.41) is 0. The third-order valence-corrected chi connectivity index (χ3v) is 3.89. The zero-order valence-corrected chi connectivity index (χ0v) is 12.0. The number of rotatable bonds is 2. The lowest BCUT2D eigenvalue weighted by molar-refractivity contribution is -0.134. The summed E-state index contributed by atoms with van der Waals surface area (Å²) in [6.07, 6.45) is 2.60. The molecule has 0 spiro atoms. The van der Waals surface area contributed by atoms with Gasteiger partial charge in [0.25, 0.3) is 0 Å². The molecule has 0 aromatic heterocycles. The molecule has 0 radical (unpaired) electrons. The van der Waals surface area contributed by atoms with Crippen LogP contribution < -0.4 is 5.73 Å². The molecule has 0 bridgehead atoms. The number of amides is 1. The highest BCUT2D eigenvalue weighted by atomic mass is 16.2. The first-order valence-electron chi connectivity index (χ1n) is 6.65. The van der Waals surface area contributed by atoms with Gasteiger partial charge in [-0.15, -0.1) is 0 Å². The number of piperidine rings is 1. The molecule has 0 aliphatic carbocycles. The van der Waals surface area contributed by atoms with Gasteiger partial charge in [-0.05, 0) is 23.7 Å². The van der Waals surface area contributed by atoms with Crippen LogP contribution in [0.4, 0.5) is 0 Å². The largest absolute Gasteiger partial charge is 0.341 e. The Bertz CT molecular complexity index is 278. The van der Waals surface area contributed by atoms with E-state index in [0.29, 0.717) is 6.42 Å². The molecule has 0 aromatic rings. The predicted molar refractivity (Wildman–Crippen MR) is 71.6 cm³/mol. The minimum absolute atomic E-state index is 0.106. The van der Waals surface area contributed by atoms with Gasteiger partial charge in [0.15, 0.2) is 0 Å². The SMILES string of the molecule is CC(C)(C)CCC(=O)N1CCC(C)(C)C(N)C1. The second-order valence-electron chi connectivity index (χ2n) is 7.25. The highest BCUT2D eigenvalue weighted by molar-refractivity contribution is 5.76. The molecule has 2 N–H and O–H groups in total. The van der Waals surface area contributed by atoms with Gasteiger partial charge in [-0.3, -0.25) is 4.79 Å². The molecule has 100 valence electrons. The molecule has 1 atom stereocenters. The van der Waals surface area contributed by atoms with Gasteiger partial charge in [-0.2, -0.15) is 0 Å². The Balaban J connectivity index is 2.45. The van der Waals surface area contributed by atoms with Gasteiger partial charge < -0.3 is 10.6 Å². The second kappa shape index (κ2) is 4.97. The second-order valence-corrected chi connectivity index (χ2v) is 7.25. The Morgan fingerprint density at radius 2 is 2.00 bits per heavy atom. The molecule has 3 nitrogen and oxygen atoms in total. The third kappa shape index (κ3) is 4.30. The van der Waals surface area contributed by atoms with Crippen molar-refractivity contribution >= 4 is 5.91 Å². The van der Waals surface area contributed by atoms with Crippen LogP contribution in [0.2, 0.25) is 0 Å². The quantitative estimate of drug-likeness (QED) is 0.805. The minimum atomic E-state index is 0.106. The molecule has 3 heteroatoms. The van der Waals surface area contributed by atoms with E-state index in [1.165, 1.54) is 0 Å². The first kappa shape index (κ1) is 14.5. The minimum Gasteiger partial charge on any atom is -0.341 e. The van der Waals surface area contributed by atoms with E-state index in [1.54, 1.807) is 0 Å². The molecule has 0 aromatic carbocycles. The summed E-state index contributed by atoms with van der Waals surface area (Å²) >= 11 is 0. The van der Waals surface area contributed by atoms with Crippen LogP contribution in [0.5, 0.6) is 0 Å². The van der Waals surface area contributed by atoms with Gasteiger partial charge in [-0.25, -0.2) is 0 Å². The first-order valence-corrected chi connectivity index (χ1v) is 6.65. The summed E-state index contributed by atoms with van der Waals surface area (Å²) in [5.41, 5.74) is 6.53. The van der Waals surface area contributed by atoms with Gasteiger partial charge in [-0.1, -0.05) is 34.6 Å². The van der Waals surface area contributed by atoms with Crippen LogP contribution in [0.15, 0.2) is 0 Å². The summed E-state index contributed by atoms with van der Waals surface area (Å²) in [6.45, 7) is 12.5. The standard InChI is InChI=1S/C14H28N2O/c1-13(2,3)7-6-12(17)16-9-8-14(4,5)11(15)10-16/h11H,6-10,15H2,1-5H3. The predicted octanol–water partition coefficient (Wildman–Crippen LogP) is 2.40. The van der Waals surface area contributed by atoms with Crippen LogP contribution in [0.1, 0.15) is 53.9 Å². The van der Waals surface area contributed by atoms with Crippen molar-refractivity contribution in [3.63, 3.8) is 0 Å². The molecule has 17 heavy (non-hydrogen) atoms. The molecule has 1 unspecified atom stereocenters. The Hall–Kier alpha value is -0.570. The summed E-state index contributed by atoms with van der Waals surface area (Å²) in [4.78, 5) is 14.0. The molecular formula is C14H28N2O. The van der Waals surface area contributed by atoms with Crippen molar-refractivity contribution in [2.45, 2.75) is 59.9 Å². The van der Waals surface area contributed by atoms with E-state index >= 15 is 0 Å². The number of hydrogen-bond acceptors (Lipinski definition) is 2. The van der Waals surface area contributed by atoms with Crippen molar-refractivity contribution in [2.75, 3.05) is 13.1 Å². The number of hydrogen-bond donors (Lipinski definition) is 1. The lowest BCUT2D eigenvalue weighted by atomic mass is 9.78. The van der Waals surface area contributed by atoms with Crippen molar-refractivity contribution in [2.24, 2.45) is 16.6 Å². The molecule has 1 fully saturated rings. The average Bonchev–Trinajstić information content (AvgIpc) is 2.17. The number of nitrogens with zero attached hydrogens (tertiary/aromatic N) is 1. The van der Waals surface area contributed by atoms with E-state index in [4.69, 9.17) is 5.73 Å². The van der Waals surface area contributed by atoms with Crippen LogP contribution >= 0.6 is 0 Å². The molecule has 1 aliphatic rings. The smallest absolute Gasteiger partial charge is 0.222 e. The van der Waals surface area contributed by atoms with Crippen molar-refractivity contribution in [3.8, 4) is 0 Å². The zero-order valence-electron chi connectivity index (χ0n) is 12.0. The third-order valence-electron chi connectivity index (χ3n) is 3.89. The molecule has 1 aliphatic heterocycles. The van der Waals surface area contributed by atoms with E-state index in [2.05, 4.69) is 34.6 Å². The Morgan fingerprint density at radius 3 is 2.47 bits per heavy atom. The van der Waals surface area contributed by atoms with E-state index < -0.39 is 0 Å². The number of likely N-dealkylation sites (tertiary alicyclic amines) is 1. The van der Waals surface area contributed by atoms with Crippen molar-refractivity contribution < 1.29 is 4.79 Å². The number of carbonyl (C=O) groups is 1. The summed E-state index contributed by atoms with van der Waals surface area (Å²) in [7, 11) is 0. The highest BCUT2D eigenvalue weighted by Crippen LogP contribution is 2.30. The van der Waals surface area contributed by atoms with Gasteiger partial charge >= 0.3 is 0 Å². The van der Waals surface area contributed by atoms with E-state index in [9.17, 15) is 4.79 Å². The Kier molecular flexibility index (Phi) is 4.23. The zero-order chi connectivity index (χ0) is 13.3. The van der Waals surface area contributed by atoms with Gasteiger partial charge in [0.2, 0.25) is 5.91 Å². The summed E-state index contributed by atoms with van der Waals surface area (Å²) < 4.78 is 0. The van der Waals surface area contributed by atoms with Crippen LogP contribution in [-0.4, -0.2) is 29.9 Å². The fourth-order valence-corrected chi connectivity index (χ4v) is 2.05. The fraction of sp³-hybridized carbons (Fsp3) is 0.929. The maximum atomic E-state index is 12.1. The van der Waals surface area contributed by atoms with Crippen LogP contribution in [0.3, 0.4) is 0 Å². The fourth-order valence-electron chi connectivity index (χ4n) is 2.05. The van der Waals surface area contributed by atoms with Gasteiger partial charge in [0, 0.05) is 25.6 Å². The average molecular weight is 240 g/mol. The van der Waals surface area contributed by atoms with Crippen LogP contribution in [-0.2, 0) is 4.79 Å². The van der Waals surface area contributed by atoms with Gasteiger partial charge in [0.1, 0.15) is 0 Å². The van der Waals surface area contributed by atoms with E-state index in [-0.39, 0.29) is 22.8 Å². The van der Waals surface area contributed by atoms with Crippen LogP contribution in [0.25, 0.3) is 0 Å². The van der Waals surface area contributed by atoms with E-state index in [1.807, 2.05) is 4.90 Å². The molecule has 1 heterocycles. The summed E-state index contributed by atoms with van der Waals surface area (Å²) in [6, 6.07) is 0.106. The summed E-state index contributed by atoms with van der Waals surface area (Å²) in [5.74, 6) is 0.269. The van der Waals surface area contributed by atoms with Crippen molar-refractivity contribution in [1.82, 2.24) is 4.90 Å². The molecule has 0 saturated carbocycles. The van der Waals surface area contributed by atoms with Gasteiger partial charge in [0.05, 0.1) is 0 Å². The highest BCUT2D eigenvalue weighted by Gasteiger charge is 2.34. The lowest BCUT2D eigenvalue weighted by Gasteiger charge is -2.42. The lowest BCUT2D eigenvalue weighted by Crippen LogP contribution is -2.54. The molecule has 1 saturated heterocycles. The first-order chi connectivity index (χ1) is 7.62. The maximum absolute atomic E-state index is 12.1. The van der Waals surface area contributed by atoms with E-state index in [0.717, 1.165) is 25.9 Å². The Morgan fingerprint density at radius 1 is 1.41 bits per heavy atom. The Labute approximate surface area is 106 Å². The molecule has 1 amide bonds. The van der Waals surface area contributed by atoms with Crippen molar-refractivity contribution in [3.05, 3.63) is 0 Å². The topological polar surface area (TPSA) is 46.3 Å². The number of nitrogens with two attached hydrogens (primary N) is 1. The van der Waals surface area contributed by atoms with Crippen LogP contribution in [0, 0.1) is 10.8 Å². The molecular weight excluding hydrogens is 212 g/mol.